The molecule has 2 heterocycles. The van der Waals surface area contributed by atoms with Crippen LogP contribution in [-0.4, -0.2) is 38.4 Å². The first kappa shape index (κ1) is 13.6. The zero-order valence-corrected chi connectivity index (χ0v) is 11.5. The fourth-order valence-electron chi connectivity index (χ4n) is 1.75. The van der Waals surface area contributed by atoms with Gasteiger partial charge in [0, 0.05) is 12.7 Å². The van der Waals surface area contributed by atoms with E-state index in [2.05, 4.69) is 29.6 Å². The molecule has 0 amide bonds. The van der Waals surface area contributed by atoms with Crippen LogP contribution in [0, 0.1) is 0 Å². The average Bonchev–Trinajstić information content (AvgIpc) is 3.03. The molecule has 109 valence electrons. The Labute approximate surface area is 124 Å². The van der Waals surface area contributed by atoms with Crippen LogP contribution in [-0.2, 0) is 4.79 Å². The lowest BCUT2D eigenvalue weighted by atomic mass is 10.3. The number of hydrogen-bond donors (Lipinski definition) is 1. The molecule has 2 aromatic heterocycles. The SMILES string of the molecule is CN(c1ccccc1)c1nc(N)nc(-c2noc([C]=O)n2)n1. The Morgan fingerprint density at radius 2 is 1.86 bits per heavy atom. The summed E-state index contributed by atoms with van der Waals surface area (Å²) >= 11 is 0. The monoisotopic (exact) mass is 296 g/mol. The maximum Gasteiger partial charge on any atom is 0.303 e. The summed E-state index contributed by atoms with van der Waals surface area (Å²) < 4.78 is 4.65. The van der Waals surface area contributed by atoms with Crippen molar-refractivity contribution in [3.63, 3.8) is 0 Å². The Morgan fingerprint density at radius 1 is 1.09 bits per heavy atom. The quantitative estimate of drug-likeness (QED) is 0.741. The van der Waals surface area contributed by atoms with Crippen molar-refractivity contribution in [3.8, 4) is 11.6 Å². The molecule has 22 heavy (non-hydrogen) atoms. The fraction of sp³-hybridized carbons (Fsp3) is 0.0769. The first-order valence-corrected chi connectivity index (χ1v) is 6.20. The molecular formula is C13H10N7O2. The maximum atomic E-state index is 10.5. The number of rotatable bonds is 4. The third-order valence-corrected chi connectivity index (χ3v) is 2.80. The highest BCUT2D eigenvalue weighted by Crippen LogP contribution is 2.21. The van der Waals surface area contributed by atoms with E-state index in [1.807, 2.05) is 30.3 Å². The second-order valence-electron chi connectivity index (χ2n) is 4.24. The van der Waals surface area contributed by atoms with Crippen molar-refractivity contribution >= 4 is 23.9 Å². The number of anilines is 3. The van der Waals surface area contributed by atoms with E-state index in [4.69, 9.17) is 5.73 Å². The standard InChI is InChI=1S/C13H10N7O2/c1-20(8-5-3-2-4-6-8)13-17-10(16-12(14)18-13)11-15-9(7-21)22-19-11/h2-6H,1H3,(H2,14,16,17,18). The minimum absolute atomic E-state index is 0.00390. The Bertz CT molecular complexity index is 803. The Balaban J connectivity index is 2.01. The Hall–Kier alpha value is -3.36. The number of nitrogen functional groups attached to an aromatic ring is 1. The molecular weight excluding hydrogens is 286 g/mol. The largest absolute Gasteiger partial charge is 0.368 e. The van der Waals surface area contributed by atoms with Crippen molar-refractivity contribution in [3.05, 3.63) is 36.2 Å². The Kier molecular flexibility index (Phi) is 3.44. The van der Waals surface area contributed by atoms with Crippen LogP contribution in [0.15, 0.2) is 34.9 Å². The maximum absolute atomic E-state index is 10.5. The second-order valence-corrected chi connectivity index (χ2v) is 4.24. The fourth-order valence-corrected chi connectivity index (χ4v) is 1.75. The number of nitrogens with zero attached hydrogens (tertiary/aromatic N) is 6. The summed E-state index contributed by atoms with van der Waals surface area (Å²) in [4.78, 5) is 28.2. The van der Waals surface area contributed by atoms with Crippen LogP contribution in [0.1, 0.15) is 5.89 Å². The van der Waals surface area contributed by atoms with Gasteiger partial charge in [-0.2, -0.15) is 19.9 Å². The highest BCUT2D eigenvalue weighted by Gasteiger charge is 2.16. The molecule has 0 unspecified atom stereocenters. The third-order valence-electron chi connectivity index (χ3n) is 2.80. The van der Waals surface area contributed by atoms with E-state index >= 15 is 0 Å². The minimum atomic E-state index is -0.285. The van der Waals surface area contributed by atoms with Gasteiger partial charge in [0.1, 0.15) is 0 Å². The van der Waals surface area contributed by atoms with E-state index < -0.39 is 0 Å². The van der Waals surface area contributed by atoms with Gasteiger partial charge in [0.05, 0.1) is 0 Å². The van der Waals surface area contributed by atoms with Crippen molar-refractivity contribution < 1.29 is 9.32 Å². The Morgan fingerprint density at radius 3 is 2.55 bits per heavy atom. The van der Waals surface area contributed by atoms with Gasteiger partial charge in [-0.15, -0.1) is 0 Å². The van der Waals surface area contributed by atoms with Crippen LogP contribution >= 0.6 is 0 Å². The molecule has 0 saturated carbocycles. The molecule has 3 rings (SSSR count). The van der Waals surface area contributed by atoms with Gasteiger partial charge >= 0.3 is 5.89 Å². The molecule has 0 aliphatic rings. The molecule has 0 aliphatic carbocycles. The van der Waals surface area contributed by atoms with Crippen molar-refractivity contribution in [1.29, 1.82) is 0 Å². The summed E-state index contributed by atoms with van der Waals surface area (Å²) in [7, 11) is 1.79. The number of benzene rings is 1. The molecule has 0 bridgehead atoms. The van der Waals surface area contributed by atoms with Crippen LogP contribution in [0.5, 0.6) is 0 Å². The van der Waals surface area contributed by atoms with Crippen LogP contribution in [0.2, 0.25) is 0 Å². The molecule has 1 aromatic carbocycles. The van der Waals surface area contributed by atoms with Crippen molar-refractivity contribution in [2.45, 2.75) is 0 Å². The summed E-state index contributed by atoms with van der Waals surface area (Å²) in [5, 5.41) is 3.60. The van der Waals surface area contributed by atoms with Gasteiger partial charge in [0.25, 0.3) is 6.29 Å². The summed E-state index contributed by atoms with van der Waals surface area (Å²) in [5.41, 5.74) is 6.57. The molecule has 9 nitrogen and oxygen atoms in total. The summed E-state index contributed by atoms with van der Waals surface area (Å²) in [6, 6.07) is 9.48. The van der Waals surface area contributed by atoms with E-state index in [1.165, 1.54) is 6.29 Å². The van der Waals surface area contributed by atoms with Crippen molar-refractivity contribution in [1.82, 2.24) is 25.1 Å². The zero-order valence-electron chi connectivity index (χ0n) is 11.5. The van der Waals surface area contributed by atoms with Gasteiger partial charge in [-0.3, -0.25) is 4.79 Å². The van der Waals surface area contributed by atoms with Crippen molar-refractivity contribution in [2.75, 3.05) is 17.7 Å². The van der Waals surface area contributed by atoms with Crippen molar-refractivity contribution in [2.24, 2.45) is 0 Å². The van der Waals surface area contributed by atoms with E-state index in [-0.39, 0.29) is 23.5 Å². The predicted molar refractivity (Wildman–Crippen MR) is 76.8 cm³/mol. The molecule has 0 spiro atoms. The van der Waals surface area contributed by atoms with Crippen LogP contribution < -0.4 is 10.6 Å². The number of nitrogens with two attached hydrogens (primary N) is 1. The molecule has 9 heteroatoms. The molecule has 0 atom stereocenters. The third kappa shape index (κ3) is 2.59. The molecule has 0 fully saturated rings. The molecule has 0 saturated heterocycles. The van der Waals surface area contributed by atoms with Gasteiger partial charge < -0.3 is 15.2 Å². The van der Waals surface area contributed by atoms with Crippen LogP contribution in [0.25, 0.3) is 11.6 Å². The van der Waals surface area contributed by atoms with E-state index in [0.29, 0.717) is 5.95 Å². The number of hydrogen-bond acceptors (Lipinski definition) is 9. The number of aromatic nitrogens is 5. The van der Waals surface area contributed by atoms with Crippen LogP contribution in [0.4, 0.5) is 17.6 Å². The van der Waals surface area contributed by atoms with E-state index in [0.717, 1.165) is 5.69 Å². The lowest BCUT2D eigenvalue weighted by Crippen LogP contribution is -2.15. The highest BCUT2D eigenvalue weighted by atomic mass is 16.5. The highest BCUT2D eigenvalue weighted by molar-refractivity contribution is 5.69. The van der Waals surface area contributed by atoms with Gasteiger partial charge in [0.15, 0.2) is 0 Å². The summed E-state index contributed by atoms with van der Waals surface area (Å²) in [6.07, 6.45) is 1.49. The summed E-state index contributed by atoms with van der Waals surface area (Å²) in [6.45, 7) is 0. The molecule has 1 radical (unpaired) electrons. The topological polar surface area (TPSA) is 124 Å². The van der Waals surface area contributed by atoms with E-state index in [1.54, 1.807) is 11.9 Å². The first-order valence-electron chi connectivity index (χ1n) is 6.20. The lowest BCUT2D eigenvalue weighted by Gasteiger charge is -2.17. The molecule has 3 aromatic rings. The van der Waals surface area contributed by atoms with E-state index in [9.17, 15) is 4.79 Å². The molecule has 0 aliphatic heterocycles. The number of carbonyl (C=O) groups excluding carboxylic acids is 1. The van der Waals surface area contributed by atoms with Gasteiger partial charge in [-0.05, 0) is 12.1 Å². The van der Waals surface area contributed by atoms with Crippen LogP contribution in [0.3, 0.4) is 0 Å². The normalized spacial score (nSPS) is 10.4. The number of para-hydroxylation sites is 1. The lowest BCUT2D eigenvalue weighted by molar-refractivity contribution is 0.404. The predicted octanol–water partition coefficient (Wildman–Crippen LogP) is 0.729. The second kappa shape index (κ2) is 5.56. The smallest absolute Gasteiger partial charge is 0.303 e. The zero-order chi connectivity index (χ0) is 15.5. The van der Waals surface area contributed by atoms with Gasteiger partial charge in [-0.1, -0.05) is 23.4 Å². The summed E-state index contributed by atoms with van der Waals surface area (Å²) in [5.74, 6) is 0.178. The minimum Gasteiger partial charge on any atom is -0.368 e. The first-order chi connectivity index (χ1) is 10.7. The molecule has 2 N–H and O–H groups in total. The van der Waals surface area contributed by atoms with Gasteiger partial charge in [-0.25, -0.2) is 0 Å². The van der Waals surface area contributed by atoms with Gasteiger partial charge in [0.2, 0.25) is 23.5 Å². The average molecular weight is 296 g/mol.